The molecule has 1 N–H and O–H groups in total. The number of rotatable bonds is 1. The minimum Gasteiger partial charge on any atom is -0.504 e. The molecule has 0 saturated carbocycles. The summed E-state index contributed by atoms with van der Waals surface area (Å²) in [6.07, 6.45) is -3.40. The average molecular weight is 414 g/mol. The van der Waals surface area contributed by atoms with E-state index in [1.807, 2.05) is 24.3 Å². The lowest BCUT2D eigenvalue weighted by Gasteiger charge is -2.14. The van der Waals surface area contributed by atoms with Crippen molar-refractivity contribution in [1.29, 1.82) is 0 Å². The fourth-order valence-electron chi connectivity index (χ4n) is 4.68. The van der Waals surface area contributed by atoms with Crippen molar-refractivity contribution in [3.8, 4) is 23.0 Å². The molecule has 0 unspecified atom stereocenters. The number of hydrogen-bond acceptors (Lipinski definition) is 4. The summed E-state index contributed by atoms with van der Waals surface area (Å²) in [6.45, 7) is 0.882. The third-order valence-corrected chi connectivity index (χ3v) is 5.82. The normalized spacial score (nSPS) is 15.3. The van der Waals surface area contributed by atoms with Crippen molar-refractivity contribution in [1.82, 2.24) is 0 Å². The minimum atomic E-state index is -4.88. The number of alkyl halides is 3. The Morgan fingerprint density at radius 1 is 0.967 bits per heavy atom. The Bertz CT molecular complexity index is 1380. The van der Waals surface area contributed by atoms with Crippen LogP contribution in [-0.4, -0.2) is 18.3 Å². The van der Waals surface area contributed by atoms with Gasteiger partial charge in [-0.25, -0.2) is 0 Å². The standard InChI is InChI=1S/C22H14F3NO4/c23-22(24,25)30-16-6-5-12-13-4-3-11-8-17-18(29-10-28-17)9-14(11)20(13)26-7-1-2-15(26)19(12)21(16)27/h3-6,8-9H,1-2,7,10H2/p+1. The summed E-state index contributed by atoms with van der Waals surface area (Å²) in [5, 5.41) is 14.6. The summed E-state index contributed by atoms with van der Waals surface area (Å²) in [5.74, 6) is 0.284. The molecule has 2 aliphatic rings. The van der Waals surface area contributed by atoms with E-state index >= 15 is 0 Å². The molecule has 2 aliphatic heterocycles. The molecule has 6 rings (SSSR count). The fraction of sp³-hybridized carbons (Fsp3) is 0.227. The summed E-state index contributed by atoms with van der Waals surface area (Å²) < 4.78 is 55.5. The van der Waals surface area contributed by atoms with E-state index in [1.165, 1.54) is 6.07 Å². The van der Waals surface area contributed by atoms with E-state index in [-0.39, 0.29) is 6.79 Å². The number of hydrogen-bond donors (Lipinski definition) is 1. The van der Waals surface area contributed by atoms with Crippen molar-refractivity contribution in [2.45, 2.75) is 25.7 Å². The number of aromatic nitrogens is 1. The molecule has 1 aromatic heterocycles. The molecule has 0 atom stereocenters. The second-order valence-electron chi connectivity index (χ2n) is 7.47. The van der Waals surface area contributed by atoms with Crippen LogP contribution in [0.25, 0.3) is 32.4 Å². The van der Waals surface area contributed by atoms with Crippen LogP contribution in [0.15, 0.2) is 36.4 Å². The van der Waals surface area contributed by atoms with Crippen LogP contribution in [0.1, 0.15) is 12.1 Å². The second-order valence-corrected chi connectivity index (χ2v) is 7.47. The van der Waals surface area contributed by atoms with Gasteiger partial charge in [0.15, 0.2) is 28.7 Å². The molecule has 152 valence electrons. The number of aryl methyl sites for hydroxylation is 2. The number of phenolic OH excluding ortho intramolecular Hbond substituents is 1. The van der Waals surface area contributed by atoms with Crippen molar-refractivity contribution >= 4 is 32.4 Å². The smallest absolute Gasteiger partial charge is 0.504 e. The number of pyridine rings is 1. The van der Waals surface area contributed by atoms with Gasteiger partial charge in [-0.05, 0) is 35.7 Å². The minimum absolute atomic E-state index is 0.174. The summed E-state index contributed by atoms with van der Waals surface area (Å²) in [7, 11) is 0. The van der Waals surface area contributed by atoms with Gasteiger partial charge in [-0.1, -0.05) is 6.07 Å². The van der Waals surface area contributed by atoms with E-state index in [0.717, 1.165) is 33.8 Å². The Morgan fingerprint density at radius 3 is 2.53 bits per heavy atom. The molecule has 30 heavy (non-hydrogen) atoms. The maximum atomic E-state index is 12.8. The third kappa shape index (κ3) is 2.39. The lowest BCUT2D eigenvalue weighted by molar-refractivity contribution is -0.662. The van der Waals surface area contributed by atoms with Crippen LogP contribution in [0.3, 0.4) is 0 Å². The summed E-state index contributed by atoms with van der Waals surface area (Å²) in [4.78, 5) is 0. The maximum Gasteiger partial charge on any atom is 0.573 e. The SMILES string of the molecule is Oc1c(OC(F)(F)F)ccc2c1c1[n+](c3c4cc5c(cc4ccc23)OCO5)CCC1. The van der Waals surface area contributed by atoms with Crippen molar-refractivity contribution < 1.29 is 37.1 Å². The summed E-state index contributed by atoms with van der Waals surface area (Å²) in [5.41, 5.74) is 1.77. The topological polar surface area (TPSA) is 51.8 Å². The Balaban J connectivity index is 1.73. The van der Waals surface area contributed by atoms with Gasteiger partial charge in [-0.15, -0.1) is 13.2 Å². The number of ether oxygens (including phenoxy) is 3. The van der Waals surface area contributed by atoms with Gasteiger partial charge in [0.05, 0.1) is 16.2 Å². The lowest BCUT2D eigenvalue weighted by Crippen LogP contribution is -2.34. The molecule has 4 aromatic rings. The number of fused-ring (bicyclic) bond motifs is 9. The molecule has 5 nitrogen and oxygen atoms in total. The van der Waals surface area contributed by atoms with Crippen LogP contribution >= 0.6 is 0 Å². The molecule has 3 heterocycles. The van der Waals surface area contributed by atoms with Crippen LogP contribution in [0.2, 0.25) is 0 Å². The number of phenols is 1. The lowest BCUT2D eigenvalue weighted by atomic mass is 9.98. The first-order chi connectivity index (χ1) is 14.4. The summed E-state index contributed by atoms with van der Waals surface area (Å²) in [6, 6.07) is 10.5. The molecular weight excluding hydrogens is 399 g/mol. The Hall–Kier alpha value is -3.42. The highest BCUT2D eigenvalue weighted by molar-refractivity contribution is 6.16. The number of benzene rings is 3. The maximum absolute atomic E-state index is 12.8. The molecular formula is C22H15F3NO4+. The predicted octanol–water partition coefficient (Wildman–Crippen LogP) is 4.71. The van der Waals surface area contributed by atoms with E-state index in [0.29, 0.717) is 35.2 Å². The number of halogens is 3. The molecule has 0 bridgehead atoms. The highest BCUT2D eigenvalue weighted by Gasteiger charge is 2.35. The first-order valence-corrected chi connectivity index (χ1v) is 9.53. The van der Waals surface area contributed by atoms with Gasteiger partial charge in [0.2, 0.25) is 12.3 Å². The molecule has 3 aromatic carbocycles. The molecule has 0 radical (unpaired) electrons. The molecule has 0 aliphatic carbocycles. The Morgan fingerprint density at radius 2 is 1.73 bits per heavy atom. The van der Waals surface area contributed by atoms with E-state index in [9.17, 15) is 18.3 Å². The first kappa shape index (κ1) is 17.4. The van der Waals surface area contributed by atoms with Crippen LogP contribution in [0.5, 0.6) is 23.0 Å². The van der Waals surface area contributed by atoms with E-state index in [2.05, 4.69) is 9.30 Å². The van der Waals surface area contributed by atoms with Crippen LogP contribution in [-0.2, 0) is 13.0 Å². The third-order valence-electron chi connectivity index (χ3n) is 5.82. The quantitative estimate of drug-likeness (QED) is 0.362. The monoisotopic (exact) mass is 414 g/mol. The molecule has 8 heteroatoms. The van der Waals surface area contributed by atoms with Crippen molar-refractivity contribution in [2.75, 3.05) is 6.79 Å². The van der Waals surface area contributed by atoms with Gasteiger partial charge in [-0.2, -0.15) is 4.57 Å². The summed E-state index contributed by atoms with van der Waals surface area (Å²) >= 11 is 0. The van der Waals surface area contributed by atoms with E-state index in [1.54, 1.807) is 6.07 Å². The van der Waals surface area contributed by atoms with E-state index < -0.39 is 17.9 Å². The van der Waals surface area contributed by atoms with E-state index in [4.69, 9.17) is 9.47 Å². The Kier molecular flexibility index (Phi) is 3.38. The molecule has 0 saturated heterocycles. The van der Waals surface area contributed by atoms with Crippen LogP contribution in [0.4, 0.5) is 13.2 Å². The zero-order chi connectivity index (χ0) is 20.6. The zero-order valence-electron chi connectivity index (χ0n) is 15.5. The average Bonchev–Trinajstić information content (AvgIpc) is 3.35. The zero-order valence-corrected chi connectivity index (χ0v) is 15.5. The molecule has 0 amide bonds. The Labute approximate surface area is 167 Å². The van der Waals surface area contributed by atoms with Gasteiger partial charge in [0.25, 0.3) is 0 Å². The highest BCUT2D eigenvalue weighted by Crippen LogP contribution is 2.44. The fourth-order valence-corrected chi connectivity index (χ4v) is 4.68. The molecule has 0 fully saturated rings. The molecule has 0 spiro atoms. The largest absolute Gasteiger partial charge is 0.573 e. The van der Waals surface area contributed by atoms with Gasteiger partial charge in [-0.3, -0.25) is 0 Å². The van der Waals surface area contributed by atoms with Crippen LogP contribution in [0, 0.1) is 0 Å². The first-order valence-electron chi connectivity index (χ1n) is 9.53. The van der Waals surface area contributed by atoms with Crippen molar-refractivity contribution in [2.24, 2.45) is 0 Å². The van der Waals surface area contributed by atoms with Crippen LogP contribution < -0.4 is 18.8 Å². The van der Waals surface area contributed by atoms with Crippen molar-refractivity contribution in [3.05, 3.63) is 42.1 Å². The predicted molar refractivity (Wildman–Crippen MR) is 102 cm³/mol. The van der Waals surface area contributed by atoms with Gasteiger partial charge < -0.3 is 19.3 Å². The van der Waals surface area contributed by atoms with Gasteiger partial charge >= 0.3 is 6.36 Å². The highest BCUT2D eigenvalue weighted by atomic mass is 19.4. The van der Waals surface area contributed by atoms with Gasteiger partial charge in [0.1, 0.15) is 6.54 Å². The van der Waals surface area contributed by atoms with Crippen molar-refractivity contribution in [3.63, 3.8) is 0 Å². The van der Waals surface area contributed by atoms with Gasteiger partial charge in [0, 0.05) is 18.2 Å². The number of nitrogens with zero attached hydrogens (tertiary/aromatic N) is 1. The second kappa shape index (κ2) is 5.81. The number of aromatic hydroxyl groups is 1.